The first-order valence-corrected chi connectivity index (χ1v) is 8.64. The molecule has 0 aromatic heterocycles. The number of ether oxygens (including phenoxy) is 2. The highest BCUT2D eigenvalue weighted by Crippen LogP contribution is 2.36. The second kappa shape index (κ2) is 6.57. The molecule has 2 aromatic rings. The number of aliphatic imine (C=N–C) groups is 1. The van der Waals surface area contributed by atoms with Crippen molar-refractivity contribution in [1.82, 2.24) is 10.1 Å². The van der Waals surface area contributed by atoms with Crippen LogP contribution in [0.3, 0.4) is 0 Å². The first kappa shape index (κ1) is 17.3. The topological polar surface area (TPSA) is 106 Å². The Morgan fingerprint density at radius 2 is 1.81 bits per heavy atom. The van der Waals surface area contributed by atoms with Crippen molar-refractivity contribution in [2.45, 2.75) is 20.0 Å². The van der Waals surface area contributed by atoms with E-state index in [9.17, 15) is 4.79 Å². The summed E-state index contributed by atoms with van der Waals surface area (Å²) >= 11 is 0. The molecule has 1 amide bonds. The maximum absolute atomic E-state index is 12.9. The second-order valence-corrected chi connectivity index (χ2v) is 6.56. The molecule has 1 atom stereocenters. The van der Waals surface area contributed by atoms with E-state index in [1.807, 2.05) is 32.0 Å². The third-order valence-electron chi connectivity index (χ3n) is 4.76. The van der Waals surface area contributed by atoms with Crippen LogP contribution in [0.1, 0.15) is 33.2 Å². The summed E-state index contributed by atoms with van der Waals surface area (Å²) in [5, 5.41) is 2.42. The van der Waals surface area contributed by atoms with Crippen LogP contribution in [0.25, 0.3) is 0 Å². The molecule has 0 saturated carbocycles. The van der Waals surface area contributed by atoms with E-state index in [1.54, 1.807) is 18.2 Å². The van der Waals surface area contributed by atoms with E-state index in [0.29, 0.717) is 30.3 Å². The zero-order chi connectivity index (χ0) is 19.1. The fraction of sp³-hybridized carbons (Fsp3) is 0.263. The number of aryl methyl sites for hydroxylation is 2. The molecule has 140 valence electrons. The van der Waals surface area contributed by atoms with Crippen molar-refractivity contribution < 1.29 is 14.3 Å². The number of fused-ring (bicyclic) bond motifs is 1. The quantitative estimate of drug-likeness (QED) is 0.782. The van der Waals surface area contributed by atoms with Gasteiger partial charge < -0.3 is 15.2 Å². The summed E-state index contributed by atoms with van der Waals surface area (Å²) in [6.07, 6.45) is -0.628. The average molecular weight is 367 g/mol. The monoisotopic (exact) mass is 367 g/mol. The van der Waals surface area contributed by atoms with Crippen molar-refractivity contribution in [3.8, 4) is 11.5 Å². The van der Waals surface area contributed by atoms with Crippen molar-refractivity contribution in [2.75, 3.05) is 13.2 Å². The molecule has 8 nitrogen and oxygen atoms in total. The largest absolute Gasteiger partial charge is 0.486 e. The summed E-state index contributed by atoms with van der Waals surface area (Å²) in [6.45, 7) is 4.94. The summed E-state index contributed by atoms with van der Waals surface area (Å²) in [7, 11) is 0. The number of hydrogen-bond acceptors (Lipinski definition) is 7. The Labute approximate surface area is 156 Å². The van der Waals surface area contributed by atoms with E-state index in [4.69, 9.17) is 21.1 Å². The fourth-order valence-corrected chi connectivity index (χ4v) is 3.12. The standard InChI is InChI=1S/C19H21N5O3/c1-11-3-4-14(9-12(11)2)18(25)23-19(20)22-17(24(23)21)13-5-6-15-16(10-13)27-8-7-26-15/h3-6,9-10,17H,7-8,21H2,1-2H3,(H2,20,22). The van der Waals surface area contributed by atoms with Gasteiger partial charge in [0.1, 0.15) is 13.2 Å². The van der Waals surface area contributed by atoms with Gasteiger partial charge in [0, 0.05) is 5.56 Å². The minimum Gasteiger partial charge on any atom is -0.486 e. The fourth-order valence-electron chi connectivity index (χ4n) is 3.12. The molecule has 0 fully saturated rings. The molecule has 0 saturated heterocycles. The molecule has 8 heteroatoms. The molecule has 1 unspecified atom stereocenters. The van der Waals surface area contributed by atoms with E-state index in [0.717, 1.165) is 16.7 Å². The van der Waals surface area contributed by atoms with Crippen LogP contribution < -0.4 is 21.1 Å². The molecule has 2 aliphatic rings. The molecule has 4 rings (SSSR count). The van der Waals surface area contributed by atoms with Crippen LogP contribution in [0.4, 0.5) is 0 Å². The lowest BCUT2D eigenvalue weighted by molar-refractivity contribution is 0.0198. The van der Waals surface area contributed by atoms with Crippen LogP contribution in [0.2, 0.25) is 0 Å². The lowest BCUT2D eigenvalue weighted by Crippen LogP contribution is -2.52. The van der Waals surface area contributed by atoms with Gasteiger partial charge in [-0.3, -0.25) is 4.79 Å². The summed E-state index contributed by atoms with van der Waals surface area (Å²) in [4.78, 5) is 17.3. The summed E-state index contributed by atoms with van der Waals surface area (Å²) < 4.78 is 11.1. The van der Waals surface area contributed by atoms with E-state index in [1.165, 1.54) is 10.1 Å². The SMILES string of the molecule is Cc1ccc(C(=O)N2C(N)=NC(c3ccc4c(c3)OCCO4)N2N)cc1C. The number of hydrogen-bond donors (Lipinski definition) is 2. The van der Waals surface area contributed by atoms with Gasteiger partial charge >= 0.3 is 0 Å². The average Bonchev–Trinajstić information content (AvgIpc) is 2.97. The Morgan fingerprint density at radius 3 is 2.56 bits per heavy atom. The van der Waals surface area contributed by atoms with Gasteiger partial charge in [-0.25, -0.2) is 10.8 Å². The number of amides is 1. The third kappa shape index (κ3) is 2.98. The van der Waals surface area contributed by atoms with Crippen molar-refractivity contribution >= 4 is 11.9 Å². The second-order valence-electron chi connectivity index (χ2n) is 6.56. The molecule has 0 aliphatic carbocycles. The summed E-state index contributed by atoms with van der Waals surface area (Å²) in [6, 6.07) is 10.9. The van der Waals surface area contributed by atoms with Crippen LogP contribution >= 0.6 is 0 Å². The lowest BCUT2D eigenvalue weighted by Gasteiger charge is -2.27. The summed E-state index contributed by atoms with van der Waals surface area (Å²) in [5.74, 6) is 7.21. The molecule has 0 spiro atoms. The molecule has 0 radical (unpaired) electrons. The van der Waals surface area contributed by atoms with Gasteiger partial charge in [-0.1, -0.05) is 12.1 Å². The Bertz CT molecular complexity index is 943. The Balaban J connectivity index is 1.62. The van der Waals surface area contributed by atoms with Crippen molar-refractivity contribution in [3.63, 3.8) is 0 Å². The molecule has 4 N–H and O–H groups in total. The van der Waals surface area contributed by atoms with Crippen LogP contribution in [-0.4, -0.2) is 35.2 Å². The number of rotatable bonds is 2. The van der Waals surface area contributed by atoms with Gasteiger partial charge in [0.15, 0.2) is 17.7 Å². The predicted molar refractivity (Wildman–Crippen MR) is 99.9 cm³/mol. The Kier molecular flexibility index (Phi) is 4.21. The van der Waals surface area contributed by atoms with Gasteiger partial charge in [0.25, 0.3) is 5.91 Å². The molecular weight excluding hydrogens is 346 g/mol. The van der Waals surface area contributed by atoms with E-state index in [-0.39, 0.29) is 11.9 Å². The number of guanidine groups is 1. The highest BCUT2D eigenvalue weighted by atomic mass is 16.6. The number of carbonyl (C=O) groups is 1. The Morgan fingerprint density at radius 1 is 1.07 bits per heavy atom. The zero-order valence-electron chi connectivity index (χ0n) is 15.2. The van der Waals surface area contributed by atoms with E-state index >= 15 is 0 Å². The molecule has 27 heavy (non-hydrogen) atoms. The van der Waals surface area contributed by atoms with Gasteiger partial charge in [0.2, 0.25) is 5.96 Å². The Hall–Kier alpha value is -3.10. The number of benzene rings is 2. The molecule has 2 aromatic carbocycles. The third-order valence-corrected chi connectivity index (χ3v) is 4.76. The first-order chi connectivity index (χ1) is 13.0. The zero-order valence-corrected chi connectivity index (χ0v) is 15.2. The van der Waals surface area contributed by atoms with Crippen LogP contribution in [0.5, 0.6) is 11.5 Å². The van der Waals surface area contributed by atoms with Gasteiger partial charge in [-0.05, 0) is 54.8 Å². The van der Waals surface area contributed by atoms with Crippen LogP contribution in [0, 0.1) is 13.8 Å². The molecular formula is C19H21N5O3. The van der Waals surface area contributed by atoms with Crippen LogP contribution in [-0.2, 0) is 0 Å². The van der Waals surface area contributed by atoms with Crippen molar-refractivity contribution in [3.05, 3.63) is 58.7 Å². The number of nitrogens with zero attached hydrogens (tertiary/aromatic N) is 3. The van der Waals surface area contributed by atoms with Gasteiger partial charge in [-0.2, -0.15) is 5.01 Å². The highest BCUT2D eigenvalue weighted by molar-refractivity contribution is 6.05. The van der Waals surface area contributed by atoms with Crippen molar-refractivity contribution in [1.29, 1.82) is 0 Å². The lowest BCUT2D eigenvalue weighted by atomic mass is 10.1. The molecule has 2 aliphatic heterocycles. The first-order valence-electron chi connectivity index (χ1n) is 8.64. The van der Waals surface area contributed by atoms with Crippen molar-refractivity contribution in [2.24, 2.45) is 16.6 Å². The number of carbonyl (C=O) groups excluding carboxylic acids is 1. The number of hydrazine groups is 2. The normalized spacial score (nSPS) is 19.1. The minimum atomic E-state index is -0.628. The molecule has 0 bridgehead atoms. The van der Waals surface area contributed by atoms with Crippen LogP contribution in [0.15, 0.2) is 41.4 Å². The minimum absolute atomic E-state index is 0.0422. The maximum Gasteiger partial charge on any atom is 0.276 e. The number of nitrogens with two attached hydrogens (primary N) is 2. The van der Waals surface area contributed by atoms with E-state index < -0.39 is 6.17 Å². The molecule has 2 heterocycles. The summed E-state index contributed by atoms with van der Waals surface area (Å²) in [5.41, 5.74) is 9.38. The smallest absolute Gasteiger partial charge is 0.276 e. The van der Waals surface area contributed by atoms with Gasteiger partial charge in [-0.15, -0.1) is 5.12 Å². The maximum atomic E-state index is 12.9. The highest BCUT2D eigenvalue weighted by Gasteiger charge is 2.37. The predicted octanol–water partition coefficient (Wildman–Crippen LogP) is 1.63. The van der Waals surface area contributed by atoms with E-state index in [2.05, 4.69) is 4.99 Å². The van der Waals surface area contributed by atoms with Gasteiger partial charge in [0.05, 0.1) is 0 Å².